The van der Waals surface area contributed by atoms with Crippen molar-refractivity contribution in [3.8, 4) is 5.75 Å². The van der Waals surface area contributed by atoms with Gasteiger partial charge in [-0.05, 0) is 30.3 Å². The van der Waals surface area contributed by atoms with E-state index in [4.69, 9.17) is 4.74 Å². The van der Waals surface area contributed by atoms with Crippen LogP contribution in [-0.4, -0.2) is 21.8 Å². The van der Waals surface area contributed by atoms with Gasteiger partial charge in [-0.25, -0.2) is 9.78 Å². The quantitative estimate of drug-likeness (QED) is 0.501. The molecule has 1 amide bonds. The second-order valence-corrected chi connectivity index (χ2v) is 5.31. The van der Waals surface area contributed by atoms with Crippen molar-refractivity contribution in [3.63, 3.8) is 0 Å². The lowest BCUT2D eigenvalue weighted by Crippen LogP contribution is -2.17. The van der Waals surface area contributed by atoms with Crippen LogP contribution in [0.15, 0.2) is 65.8 Å². The maximum absolute atomic E-state index is 12.4. The number of aromatic nitrogens is 2. The van der Waals surface area contributed by atoms with Gasteiger partial charge in [0, 0.05) is 28.5 Å². The molecule has 0 aliphatic rings. The number of aromatic amines is 1. The van der Waals surface area contributed by atoms with Crippen molar-refractivity contribution >= 4 is 30.2 Å². The van der Waals surface area contributed by atoms with Crippen molar-refractivity contribution in [2.24, 2.45) is 0 Å². The van der Waals surface area contributed by atoms with Gasteiger partial charge in [0.2, 0.25) is 5.78 Å². The Bertz CT molecular complexity index is 864. The van der Waals surface area contributed by atoms with Crippen LogP contribution >= 0.6 is 12.6 Å². The lowest BCUT2D eigenvalue weighted by Gasteiger charge is -2.09. The van der Waals surface area contributed by atoms with Gasteiger partial charge < -0.3 is 9.72 Å². The lowest BCUT2D eigenvalue weighted by molar-refractivity contribution is 0.102. The number of ketones is 1. The number of hydrogen-bond acceptors (Lipinski definition) is 5. The molecule has 0 atom stereocenters. The van der Waals surface area contributed by atoms with Crippen molar-refractivity contribution in [2.75, 3.05) is 5.32 Å². The average molecular weight is 339 g/mol. The summed E-state index contributed by atoms with van der Waals surface area (Å²) in [6.45, 7) is 0. The molecule has 0 unspecified atom stereocenters. The molecule has 1 heterocycles. The number of nitrogens with one attached hydrogen (secondary N) is 2. The van der Waals surface area contributed by atoms with Crippen LogP contribution in [0.4, 0.5) is 10.5 Å². The van der Waals surface area contributed by atoms with E-state index in [1.807, 2.05) is 6.07 Å². The van der Waals surface area contributed by atoms with Crippen molar-refractivity contribution in [3.05, 3.63) is 72.3 Å². The summed E-state index contributed by atoms with van der Waals surface area (Å²) in [5, 5.41) is 2.58. The largest absolute Gasteiger partial charge is 0.417 e. The summed E-state index contributed by atoms with van der Waals surface area (Å²) in [6, 6.07) is 13.5. The third-order valence-electron chi connectivity index (χ3n) is 3.15. The highest BCUT2D eigenvalue weighted by Gasteiger charge is 2.16. The molecule has 7 heteroatoms. The summed E-state index contributed by atoms with van der Waals surface area (Å²) in [5.41, 5.74) is 0.745. The van der Waals surface area contributed by atoms with Gasteiger partial charge >= 0.3 is 6.09 Å². The van der Waals surface area contributed by atoms with Crippen LogP contribution in [0, 0.1) is 0 Å². The van der Waals surface area contributed by atoms with Crippen LogP contribution in [0.25, 0.3) is 0 Å². The topological polar surface area (TPSA) is 84.1 Å². The van der Waals surface area contributed by atoms with Crippen LogP contribution in [0.1, 0.15) is 16.2 Å². The fourth-order valence-corrected chi connectivity index (χ4v) is 2.29. The fraction of sp³-hybridized carbons (Fsp3) is 0. The van der Waals surface area contributed by atoms with E-state index in [0.717, 1.165) is 0 Å². The molecule has 3 aromatic rings. The molecule has 0 saturated carbocycles. The number of nitrogens with zero attached hydrogens (tertiary/aromatic N) is 1. The van der Waals surface area contributed by atoms with Crippen molar-refractivity contribution in [1.29, 1.82) is 0 Å². The number of thiol groups is 1. The first kappa shape index (κ1) is 15.8. The Kier molecular flexibility index (Phi) is 4.62. The number of amides is 1. The third kappa shape index (κ3) is 3.64. The van der Waals surface area contributed by atoms with E-state index < -0.39 is 6.09 Å². The van der Waals surface area contributed by atoms with E-state index in [2.05, 4.69) is 27.9 Å². The summed E-state index contributed by atoms with van der Waals surface area (Å²) in [6.07, 6.45) is 2.40. The maximum atomic E-state index is 12.4. The van der Waals surface area contributed by atoms with Gasteiger partial charge in [-0.1, -0.05) is 18.2 Å². The number of carbonyl (C=O) groups is 2. The van der Waals surface area contributed by atoms with Gasteiger partial charge in [0.25, 0.3) is 0 Å². The number of anilines is 1. The third-order valence-corrected chi connectivity index (χ3v) is 3.54. The average Bonchev–Trinajstić information content (AvgIpc) is 3.11. The number of H-pyrrole nitrogens is 1. The number of rotatable bonds is 4. The number of ether oxygens (including phenoxy) is 1. The standard InChI is InChI=1S/C17H13N3O3S/c21-15(16-18-8-9-19-16)13-10-11(6-7-14(13)24)20-17(22)23-12-4-2-1-3-5-12/h1-10,24H,(H,18,19)(H,20,22). The first-order valence-corrected chi connectivity index (χ1v) is 7.49. The normalized spacial score (nSPS) is 10.2. The zero-order valence-corrected chi connectivity index (χ0v) is 13.3. The highest BCUT2D eigenvalue weighted by molar-refractivity contribution is 7.80. The Morgan fingerprint density at radius 2 is 1.92 bits per heavy atom. The predicted octanol–water partition coefficient (Wildman–Crippen LogP) is 3.54. The second-order valence-electron chi connectivity index (χ2n) is 4.83. The number of hydrogen-bond donors (Lipinski definition) is 3. The summed E-state index contributed by atoms with van der Waals surface area (Å²) in [4.78, 5) is 31.5. The SMILES string of the molecule is O=C(Nc1ccc(S)c(C(=O)c2ncc[nH]2)c1)Oc1ccccc1. The van der Waals surface area contributed by atoms with Gasteiger partial charge in [-0.15, -0.1) is 12.6 Å². The van der Waals surface area contributed by atoms with Crippen LogP contribution < -0.4 is 10.1 Å². The van der Waals surface area contributed by atoms with E-state index in [0.29, 0.717) is 21.9 Å². The van der Waals surface area contributed by atoms with Crippen LogP contribution in [-0.2, 0) is 0 Å². The van der Waals surface area contributed by atoms with Crippen molar-refractivity contribution in [2.45, 2.75) is 4.90 Å². The highest BCUT2D eigenvalue weighted by Crippen LogP contribution is 2.21. The monoisotopic (exact) mass is 339 g/mol. The first-order valence-electron chi connectivity index (χ1n) is 7.04. The minimum Gasteiger partial charge on any atom is -0.410 e. The maximum Gasteiger partial charge on any atom is 0.417 e. The van der Waals surface area contributed by atoms with E-state index in [-0.39, 0.29) is 11.6 Å². The highest BCUT2D eigenvalue weighted by atomic mass is 32.1. The number of carbonyl (C=O) groups excluding carboxylic acids is 2. The minimum absolute atomic E-state index is 0.203. The molecular formula is C17H13N3O3S. The summed E-state index contributed by atoms with van der Waals surface area (Å²) >= 11 is 4.28. The minimum atomic E-state index is -0.649. The molecule has 0 radical (unpaired) electrons. The van der Waals surface area contributed by atoms with Crippen LogP contribution in [0.3, 0.4) is 0 Å². The van der Waals surface area contributed by atoms with E-state index in [1.165, 1.54) is 12.3 Å². The molecule has 3 rings (SSSR count). The molecule has 2 N–H and O–H groups in total. The summed E-state index contributed by atoms with van der Waals surface area (Å²) < 4.78 is 5.15. The van der Waals surface area contributed by atoms with Gasteiger partial charge in [0.05, 0.1) is 0 Å². The van der Waals surface area contributed by atoms with Crippen molar-refractivity contribution < 1.29 is 14.3 Å². The zero-order valence-electron chi connectivity index (χ0n) is 12.4. The van der Waals surface area contributed by atoms with Crippen LogP contribution in [0.5, 0.6) is 5.75 Å². The lowest BCUT2D eigenvalue weighted by atomic mass is 10.1. The van der Waals surface area contributed by atoms with E-state index in [1.54, 1.807) is 42.6 Å². The molecule has 120 valence electrons. The number of benzene rings is 2. The predicted molar refractivity (Wildman–Crippen MR) is 91.8 cm³/mol. The first-order chi connectivity index (χ1) is 11.6. The number of imidazole rings is 1. The second kappa shape index (κ2) is 7.01. The van der Waals surface area contributed by atoms with Gasteiger partial charge in [0.15, 0.2) is 5.82 Å². The fourth-order valence-electron chi connectivity index (χ4n) is 2.05. The molecule has 24 heavy (non-hydrogen) atoms. The Balaban J connectivity index is 1.76. The van der Waals surface area contributed by atoms with Gasteiger partial charge in [0.1, 0.15) is 5.75 Å². The molecule has 0 aliphatic carbocycles. The Hall–Kier alpha value is -3.06. The molecule has 0 spiro atoms. The molecule has 0 bridgehead atoms. The van der Waals surface area contributed by atoms with Gasteiger partial charge in [-0.3, -0.25) is 10.1 Å². The Morgan fingerprint density at radius 3 is 2.62 bits per heavy atom. The molecule has 0 fully saturated rings. The van der Waals surface area contributed by atoms with E-state index in [9.17, 15) is 9.59 Å². The molecule has 0 aliphatic heterocycles. The molecular weight excluding hydrogens is 326 g/mol. The summed E-state index contributed by atoms with van der Waals surface area (Å²) in [5.74, 6) is 0.312. The molecule has 1 aromatic heterocycles. The molecule has 6 nitrogen and oxygen atoms in total. The van der Waals surface area contributed by atoms with E-state index >= 15 is 0 Å². The number of para-hydroxylation sites is 1. The smallest absolute Gasteiger partial charge is 0.410 e. The molecule has 2 aromatic carbocycles. The Labute approximate surface area is 143 Å². The molecule has 0 saturated heterocycles. The van der Waals surface area contributed by atoms with Crippen LogP contribution in [0.2, 0.25) is 0 Å². The van der Waals surface area contributed by atoms with Crippen molar-refractivity contribution in [1.82, 2.24) is 9.97 Å². The zero-order chi connectivity index (χ0) is 16.9. The van der Waals surface area contributed by atoms with Gasteiger partial charge in [-0.2, -0.15) is 0 Å². The Morgan fingerprint density at radius 1 is 1.12 bits per heavy atom. The summed E-state index contributed by atoms with van der Waals surface area (Å²) in [7, 11) is 0.